The number of rotatable bonds is 2. The molecule has 0 radical (unpaired) electrons. The monoisotopic (exact) mass is 247 g/mol. The SMILES string of the molecule is CNc1ncc(C2CCCCN2C(C)=O)cc1C. The number of piperidine rings is 1. The van der Waals surface area contributed by atoms with Crippen LogP contribution in [0.3, 0.4) is 0 Å². The molecule has 2 heterocycles. The summed E-state index contributed by atoms with van der Waals surface area (Å²) in [6.07, 6.45) is 5.22. The zero-order chi connectivity index (χ0) is 13.1. The Morgan fingerprint density at radius 3 is 2.89 bits per heavy atom. The number of carbonyl (C=O) groups excluding carboxylic acids is 1. The smallest absolute Gasteiger partial charge is 0.219 e. The second-order valence-electron chi connectivity index (χ2n) is 4.91. The van der Waals surface area contributed by atoms with Gasteiger partial charge < -0.3 is 10.2 Å². The summed E-state index contributed by atoms with van der Waals surface area (Å²) in [7, 11) is 1.87. The summed E-state index contributed by atoms with van der Waals surface area (Å²) in [5, 5.41) is 3.07. The fraction of sp³-hybridized carbons (Fsp3) is 0.571. The highest BCUT2D eigenvalue weighted by atomic mass is 16.2. The fourth-order valence-electron chi connectivity index (χ4n) is 2.70. The fourth-order valence-corrected chi connectivity index (χ4v) is 2.70. The van der Waals surface area contributed by atoms with E-state index in [1.54, 1.807) is 6.92 Å². The van der Waals surface area contributed by atoms with Gasteiger partial charge in [0.1, 0.15) is 5.82 Å². The van der Waals surface area contributed by atoms with E-state index in [1.165, 1.54) is 6.42 Å². The molecule has 0 saturated carbocycles. The lowest BCUT2D eigenvalue weighted by atomic mass is 9.95. The van der Waals surface area contributed by atoms with E-state index in [-0.39, 0.29) is 11.9 Å². The highest BCUT2D eigenvalue weighted by Crippen LogP contribution is 2.31. The van der Waals surface area contributed by atoms with Crippen LogP contribution in [0.25, 0.3) is 0 Å². The maximum Gasteiger partial charge on any atom is 0.219 e. The molecule has 2 rings (SSSR count). The largest absolute Gasteiger partial charge is 0.373 e. The maximum absolute atomic E-state index is 11.7. The maximum atomic E-state index is 11.7. The number of aromatic nitrogens is 1. The minimum absolute atomic E-state index is 0.162. The number of aryl methyl sites for hydroxylation is 1. The molecule has 18 heavy (non-hydrogen) atoms. The Hall–Kier alpha value is -1.58. The molecular weight excluding hydrogens is 226 g/mol. The van der Waals surface area contributed by atoms with Gasteiger partial charge >= 0.3 is 0 Å². The lowest BCUT2D eigenvalue weighted by Crippen LogP contribution is -2.37. The number of nitrogens with one attached hydrogen (secondary N) is 1. The zero-order valence-electron chi connectivity index (χ0n) is 11.4. The normalized spacial score (nSPS) is 19.7. The lowest BCUT2D eigenvalue weighted by Gasteiger charge is -2.35. The van der Waals surface area contributed by atoms with E-state index >= 15 is 0 Å². The number of amides is 1. The van der Waals surface area contributed by atoms with Crippen LogP contribution in [0.4, 0.5) is 5.82 Å². The van der Waals surface area contributed by atoms with E-state index in [0.717, 1.165) is 36.3 Å². The van der Waals surface area contributed by atoms with Crippen molar-refractivity contribution in [3.63, 3.8) is 0 Å². The van der Waals surface area contributed by atoms with Crippen molar-refractivity contribution in [3.05, 3.63) is 23.4 Å². The summed E-state index contributed by atoms with van der Waals surface area (Å²) in [4.78, 5) is 18.1. The standard InChI is InChI=1S/C14H21N3O/c1-10-8-12(9-16-14(10)15-3)13-6-4-5-7-17(13)11(2)18/h8-9,13H,4-7H2,1-3H3,(H,15,16). The van der Waals surface area contributed by atoms with Crippen LogP contribution in [0.5, 0.6) is 0 Å². The third-order valence-electron chi connectivity index (χ3n) is 3.63. The second kappa shape index (κ2) is 5.38. The van der Waals surface area contributed by atoms with Gasteiger partial charge in [0.25, 0.3) is 0 Å². The predicted octanol–water partition coefficient (Wildman–Crippen LogP) is 2.51. The zero-order valence-corrected chi connectivity index (χ0v) is 11.4. The van der Waals surface area contributed by atoms with Crippen LogP contribution in [-0.2, 0) is 4.79 Å². The van der Waals surface area contributed by atoms with E-state index in [2.05, 4.69) is 16.4 Å². The Bertz CT molecular complexity index is 445. The molecule has 0 spiro atoms. The molecular formula is C14H21N3O. The van der Waals surface area contributed by atoms with E-state index in [4.69, 9.17) is 0 Å². The van der Waals surface area contributed by atoms with Crippen LogP contribution in [-0.4, -0.2) is 29.4 Å². The number of nitrogens with zero attached hydrogens (tertiary/aromatic N) is 2. The molecule has 1 aliphatic rings. The molecule has 4 nitrogen and oxygen atoms in total. The van der Waals surface area contributed by atoms with Gasteiger partial charge in [-0.1, -0.05) is 0 Å². The highest BCUT2D eigenvalue weighted by Gasteiger charge is 2.26. The van der Waals surface area contributed by atoms with Crippen LogP contribution < -0.4 is 5.32 Å². The molecule has 1 aliphatic heterocycles. The van der Waals surface area contributed by atoms with Gasteiger partial charge in [0.15, 0.2) is 0 Å². The first-order valence-electron chi connectivity index (χ1n) is 6.55. The molecule has 1 aromatic heterocycles. The Balaban J connectivity index is 2.28. The van der Waals surface area contributed by atoms with E-state index in [9.17, 15) is 4.79 Å². The third kappa shape index (κ3) is 2.47. The van der Waals surface area contributed by atoms with Gasteiger partial charge in [0, 0.05) is 26.7 Å². The number of likely N-dealkylation sites (tertiary alicyclic amines) is 1. The Labute approximate surface area is 108 Å². The molecule has 1 atom stereocenters. The quantitative estimate of drug-likeness (QED) is 0.873. The Morgan fingerprint density at radius 1 is 1.50 bits per heavy atom. The van der Waals surface area contributed by atoms with Crippen molar-refractivity contribution in [2.75, 3.05) is 18.9 Å². The first-order valence-corrected chi connectivity index (χ1v) is 6.55. The van der Waals surface area contributed by atoms with Crippen molar-refractivity contribution >= 4 is 11.7 Å². The first-order chi connectivity index (χ1) is 8.63. The van der Waals surface area contributed by atoms with Crippen molar-refractivity contribution < 1.29 is 4.79 Å². The van der Waals surface area contributed by atoms with Crippen LogP contribution >= 0.6 is 0 Å². The third-order valence-corrected chi connectivity index (χ3v) is 3.63. The van der Waals surface area contributed by atoms with Gasteiger partial charge in [-0.3, -0.25) is 4.79 Å². The molecule has 1 N–H and O–H groups in total. The molecule has 1 aromatic rings. The van der Waals surface area contributed by atoms with Crippen LogP contribution in [0.1, 0.15) is 43.4 Å². The number of pyridine rings is 1. The van der Waals surface area contributed by atoms with Gasteiger partial charge in [-0.2, -0.15) is 0 Å². The predicted molar refractivity (Wildman–Crippen MR) is 72.5 cm³/mol. The number of hydrogen-bond acceptors (Lipinski definition) is 3. The molecule has 98 valence electrons. The van der Waals surface area contributed by atoms with E-state index < -0.39 is 0 Å². The second-order valence-corrected chi connectivity index (χ2v) is 4.91. The first kappa shape index (κ1) is 12.9. The molecule has 0 aliphatic carbocycles. The Kier molecular flexibility index (Phi) is 3.84. The van der Waals surface area contributed by atoms with Gasteiger partial charge in [0.2, 0.25) is 5.91 Å². The van der Waals surface area contributed by atoms with Gasteiger partial charge in [-0.15, -0.1) is 0 Å². The van der Waals surface area contributed by atoms with Gasteiger partial charge in [0.05, 0.1) is 6.04 Å². The summed E-state index contributed by atoms with van der Waals surface area (Å²) < 4.78 is 0. The molecule has 0 aromatic carbocycles. The highest BCUT2D eigenvalue weighted by molar-refractivity contribution is 5.74. The van der Waals surface area contributed by atoms with Crippen LogP contribution in [0.15, 0.2) is 12.3 Å². The van der Waals surface area contributed by atoms with Crippen molar-refractivity contribution in [3.8, 4) is 0 Å². The van der Waals surface area contributed by atoms with Crippen molar-refractivity contribution in [1.29, 1.82) is 0 Å². The van der Waals surface area contributed by atoms with Crippen molar-refractivity contribution in [2.24, 2.45) is 0 Å². The molecule has 1 amide bonds. The van der Waals surface area contributed by atoms with Crippen molar-refractivity contribution in [2.45, 2.75) is 39.2 Å². The van der Waals surface area contributed by atoms with Gasteiger partial charge in [-0.25, -0.2) is 4.98 Å². The molecule has 1 saturated heterocycles. The number of carbonyl (C=O) groups is 1. The summed E-state index contributed by atoms with van der Waals surface area (Å²) in [6, 6.07) is 2.35. The topological polar surface area (TPSA) is 45.2 Å². The molecule has 0 bridgehead atoms. The average Bonchev–Trinajstić information content (AvgIpc) is 2.38. The van der Waals surface area contributed by atoms with Gasteiger partial charge in [-0.05, 0) is 43.4 Å². The number of hydrogen-bond donors (Lipinski definition) is 1. The Morgan fingerprint density at radius 2 is 2.28 bits per heavy atom. The van der Waals surface area contributed by atoms with Crippen molar-refractivity contribution in [1.82, 2.24) is 9.88 Å². The van der Waals surface area contributed by atoms with E-state index in [0.29, 0.717) is 0 Å². The molecule has 1 unspecified atom stereocenters. The summed E-state index contributed by atoms with van der Waals surface area (Å²) in [5.74, 6) is 1.07. The van der Waals surface area contributed by atoms with E-state index in [1.807, 2.05) is 25.1 Å². The minimum Gasteiger partial charge on any atom is -0.373 e. The molecule has 4 heteroatoms. The minimum atomic E-state index is 0.162. The average molecular weight is 247 g/mol. The van der Waals surface area contributed by atoms with Crippen LogP contribution in [0.2, 0.25) is 0 Å². The summed E-state index contributed by atoms with van der Waals surface area (Å²) in [6.45, 7) is 4.57. The van der Waals surface area contributed by atoms with Crippen LogP contribution in [0, 0.1) is 6.92 Å². The lowest BCUT2D eigenvalue weighted by molar-refractivity contribution is -0.132. The number of anilines is 1. The summed E-state index contributed by atoms with van der Waals surface area (Å²) in [5.41, 5.74) is 2.28. The summed E-state index contributed by atoms with van der Waals surface area (Å²) >= 11 is 0. The molecule has 1 fully saturated rings.